The summed E-state index contributed by atoms with van der Waals surface area (Å²) in [6.45, 7) is 5.37. The number of thiophene rings is 1. The van der Waals surface area contributed by atoms with E-state index in [2.05, 4.69) is 4.98 Å². The largest absolute Gasteiger partial charge is 0.496 e. The number of hydrogen-bond donors (Lipinski definition) is 1. The molecular weight excluding hydrogens is 352 g/mol. The number of methoxy groups -OCH3 is 1. The monoisotopic (exact) mass is 372 g/mol. The summed E-state index contributed by atoms with van der Waals surface area (Å²) in [5.74, 6) is 0.209. The number of aryl methyl sites for hydroxylation is 3. The Bertz CT molecular complexity index is 1070. The Kier molecular flexibility index (Phi) is 4.82. The number of hydrogen-bond acceptors (Lipinski definition) is 5. The summed E-state index contributed by atoms with van der Waals surface area (Å²) >= 11 is 1.46. The van der Waals surface area contributed by atoms with Crippen LogP contribution in [0.2, 0.25) is 0 Å². The van der Waals surface area contributed by atoms with E-state index in [9.17, 15) is 14.7 Å². The number of nitrogens with zero attached hydrogens (tertiary/aromatic N) is 2. The first-order valence-electron chi connectivity index (χ1n) is 8.27. The molecule has 1 N–H and O–H groups in total. The summed E-state index contributed by atoms with van der Waals surface area (Å²) in [6.07, 6.45) is 0.492. The molecular formula is C19H20N2O4S. The number of rotatable bonds is 5. The zero-order valence-electron chi connectivity index (χ0n) is 15.1. The second-order valence-electron chi connectivity index (χ2n) is 6.06. The van der Waals surface area contributed by atoms with Crippen LogP contribution in [0.5, 0.6) is 5.75 Å². The fraction of sp³-hybridized carbons (Fsp3) is 0.316. The van der Waals surface area contributed by atoms with Crippen LogP contribution in [0.1, 0.15) is 23.2 Å². The summed E-state index contributed by atoms with van der Waals surface area (Å²) in [7, 11) is 1.62. The van der Waals surface area contributed by atoms with Gasteiger partial charge in [-0.05, 0) is 37.1 Å². The van der Waals surface area contributed by atoms with Crippen molar-refractivity contribution in [3.63, 3.8) is 0 Å². The van der Waals surface area contributed by atoms with Gasteiger partial charge in [-0.1, -0.05) is 13.0 Å². The van der Waals surface area contributed by atoms with E-state index in [1.54, 1.807) is 7.11 Å². The molecule has 1 aromatic carbocycles. The first kappa shape index (κ1) is 18.1. The number of aliphatic carboxylic acids is 1. The molecule has 0 spiro atoms. The lowest BCUT2D eigenvalue weighted by atomic mass is 10.0. The van der Waals surface area contributed by atoms with E-state index in [0.717, 1.165) is 27.3 Å². The number of benzene rings is 1. The van der Waals surface area contributed by atoms with Crippen molar-refractivity contribution in [2.45, 2.75) is 33.7 Å². The molecule has 0 atom stereocenters. The molecule has 3 aromatic rings. The van der Waals surface area contributed by atoms with Crippen molar-refractivity contribution in [3.05, 3.63) is 44.8 Å². The SMILES string of the molecule is CCc1nc2sc(C)c(-c3ccc(OC)c(C)c3)c2c(=O)n1CC(=O)O. The third kappa shape index (κ3) is 2.99. The van der Waals surface area contributed by atoms with Gasteiger partial charge in [-0.15, -0.1) is 11.3 Å². The smallest absolute Gasteiger partial charge is 0.323 e. The number of aromatic nitrogens is 2. The Hall–Kier alpha value is -2.67. The molecule has 0 aliphatic rings. The van der Waals surface area contributed by atoms with Gasteiger partial charge in [0, 0.05) is 16.9 Å². The molecule has 2 heterocycles. The number of carbonyl (C=O) groups is 1. The van der Waals surface area contributed by atoms with Crippen molar-refractivity contribution in [2.24, 2.45) is 0 Å². The Morgan fingerprint density at radius 3 is 2.65 bits per heavy atom. The number of carboxylic acids is 1. The van der Waals surface area contributed by atoms with Crippen LogP contribution in [0.3, 0.4) is 0 Å². The Morgan fingerprint density at radius 1 is 1.35 bits per heavy atom. The van der Waals surface area contributed by atoms with E-state index in [1.165, 1.54) is 15.9 Å². The summed E-state index contributed by atoms with van der Waals surface area (Å²) < 4.78 is 6.57. The summed E-state index contributed by atoms with van der Waals surface area (Å²) in [5, 5.41) is 9.65. The van der Waals surface area contributed by atoms with Crippen LogP contribution in [0.15, 0.2) is 23.0 Å². The van der Waals surface area contributed by atoms with Crippen LogP contribution in [0, 0.1) is 13.8 Å². The van der Waals surface area contributed by atoms with Crippen molar-refractivity contribution < 1.29 is 14.6 Å². The fourth-order valence-electron chi connectivity index (χ4n) is 3.19. The van der Waals surface area contributed by atoms with Crippen LogP contribution in [-0.4, -0.2) is 27.7 Å². The molecule has 0 aliphatic carbocycles. The lowest BCUT2D eigenvalue weighted by molar-refractivity contribution is -0.137. The number of carboxylic acid groups (broad SMARTS) is 1. The average molecular weight is 372 g/mol. The van der Waals surface area contributed by atoms with Gasteiger partial charge in [0.15, 0.2) is 0 Å². The van der Waals surface area contributed by atoms with Crippen LogP contribution >= 0.6 is 11.3 Å². The maximum atomic E-state index is 13.1. The van der Waals surface area contributed by atoms with Crippen LogP contribution < -0.4 is 10.3 Å². The van der Waals surface area contributed by atoms with E-state index in [4.69, 9.17) is 4.74 Å². The number of ether oxygens (including phenoxy) is 1. The van der Waals surface area contributed by atoms with Crippen LogP contribution in [0.25, 0.3) is 21.3 Å². The average Bonchev–Trinajstić information content (AvgIpc) is 2.93. The second kappa shape index (κ2) is 6.92. The van der Waals surface area contributed by atoms with Crippen molar-refractivity contribution in [3.8, 4) is 16.9 Å². The molecule has 0 aliphatic heterocycles. The van der Waals surface area contributed by atoms with Crippen molar-refractivity contribution >= 4 is 27.5 Å². The van der Waals surface area contributed by atoms with Gasteiger partial charge in [0.25, 0.3) is 5.56 Å². The van der Waals surface area contributed by atoms with Gasteiger partial charge in [-0.3, -0.25) is 14.2 Å². The molecule has 136 valence electrons. The molecule has 0 amide bonds. The molecule has 0 radical (unpaired) electrons. The number of fused-ring (bicyclic) bond motifs is 1. The third-order valence-electron chi connectivity index (χ3n) is 4.36. The highest BCUT2D eigenvalue weighted by Crippen LogP contribution is 2.37. The summed E-state index contributed by atoms with van der Waals surface area (Å²) in [6, 6.07) is 5.76. The van der Waals surface area contributed by atoms with E-state index in [0.29, 0.717) is 22.5 Å². The van der Waals surface area contributed by atoms with Gasteiger partial charge < -0.3 is 9.84 Å². The molecule has 7 heteroatoms. The second-order valence-corrected chi connectivity index (χ2v) is 7.27. The van der Waals surface area contributed by atoms with Gasteiger partial charge in [0.05, 0.1) is 12.5 Å². The lowest BCUT2D eigenvalue weighted by Gasteiger charge is -2.10. The quantitative estimate of drug-likeness (QED) is 0.742. The summed E-state index contributed by atoms with van der Waals surface area (Å²) in [5.41, 5.74) is 2.38. The van der Waals surface area contributed by atoms with Crippen LogP contribution in [-0.2, 0) is 17.8 Å². The molecule has 0 bridgehead atoms. The predicted octanol–water partition coefficient (Wildman–Crippen LogP) is 3.40. The van der Waals surface area contributed by atoms with E-state index >= 15 is 0 Å². The first-order chi connectivity index (χ1) is 12.4. The highest BCUT2D eigenvalue weighted by atomic mass is 32.1. The van der Waals surface area contributed by atoms with Crippen LogP contribution in [0.4, 0.5) is 0 Å². The minimum absolute atomic E-state index is 0.304. The predicted molar refractivity (Wildman–Crippen MR) is 102 cm³/mol. The van der Waals surface area contributed by atoms with Crippen molar-refractivity contribution in [1.29, 1.82) is 0 Å². The first-order valence-corrected chi connectivity index (χ1v) is 9.08. The van der Waals surface area contributed by atoms with Crippen molar-refractivity contribution in [2.75, 3.05) is 7.11 Å². The Morgan fingerprint density at radius 2 is 2.08 bits per heavy atom. The molecule has 3 rings (SSSR count). The summed E-state index contributed by atoms with van der Waals surface area (Å²) in [4.78, 5) is 30.5. The molecule has 2 aromatic heterocycles. The normalized spacial score (nSPS) is 11.1. The maximum Gasteiger partial charge on any atom is 0.323 e. The zero-order valence-corrected chi connectivity index (χ0v) is 15.9. The lowest BCUT2D eigenvalue weighted by Crippen LogP contribution is -2.28. The van der Waals surface area contributed by atoms with E-state index in [1.807, 2.05) is 39.0 Å². The van der Waals surface area contributed by atoms with Gasteiger partial charge in [0.1, 0.15) is 22.9 Å². The Balaban J connectivity index is 2.33. The van der Waals surface area contributed by atoms with Gasteiger partial charge in [-0.2, -0.15) is 0 Å². The maximum absolute atomic E-state index is 13.1. The minimum Gasteiger partial charge on any atom is -0.496 e. The van der Waals surface area contributed by atoms with Crippen molar-refractivity contribution in [1.82, 2.24) is 9.55 Å². The van der Waals surface area contributed by atoms with Gasteiger partial charge >= 0.3 is 5.97 Å². The Labute approximate surface area is 154 Å². The van der Waals surface area contributed by atoms with Gasteiger partial charge in [-0.25, -0.2) is 4.98 Å². The molecule has 26 heavy (non-hydrogen) atoms. The topological polar surface area (TPSA) is 81.4 Å². The molecule has 0 fully saturated rings. The minimum atomic E-state index is -1.06. The zero-order chi connectivity index (χ0) is 19.0. The fourth-order valence-corrected chi connectivity index (χ4v) is 4.24. The van der Waals surface area contributed by atoms with E-state index in [-0.39, 0.29) is 12.1 Å². The molecule has 0 unspecified atom stereocenters. The standard InChI is InChI=1S/C19H20N2O4S/c1-5-14-20-18-17(19(24)21(14)9-15(22)23)16(11(3)26-18)12-6-7-13(25-4)10(2)8-12/h6-8H,5,9H2,1-4H3,(H,22,23). The van der Waals surface area contributed by atoms with E-state index < -0.39 is 5.97 Å². The molecule has 6 nitrogen and oxygen atoms in total. The molecule has 0 saturated carbocycles. The molecule has 0 saturated heterocycles. The highest BCUT2D eigenvalue weighted by molar-refractivity contribution is 7.19. The highest BCUT2D eigenvalue weighted by Gasteiger charge is 2.20. The third-order valence-corrected chi connectivity index (χ3v) is 5.36. The van der Waals surface area contributed by atoms with Gasteiger partial charge in [0.2, 0.25) is 0 Å².